The van der Waals surface area contributed by atoms with Crippen molar-refractivity contribution in [2.24, 2.45) is 17.8 Å². The summed E-state index contributed by atoms with van der Waals surface area (Å²) in [6.07, 6.45) is 1.17. The van der Waals surface area contributed by atoms with Gasteiger partial charge in [-0.3, -0.25) is 4.79 Å². The first-order valence-corrected chi connectivity index (χ1v) is 10.9. The average molecular weight is 405 g/mol. The summed E-state index contributed by atoms with van der Waals surface area (Å²) >= 11 is 1.39. The van der Waals surface area contributed by atoms with Gasteiger partial charge in [0.25, 0.3) is 0 Å². The number of nitrogens with zero attached hydrogens (tertiary/aromatic N) is 4. The maximum absolute atomic E-state index is 14.3. The Hall–Kier alpha value is -1.89. The van der Waals surface area contributed by atoms with E-state index in [2.05, 4.69) is 37.9 Å². The zero-order valence-electron chi connectivity index (χ0n) is 17.1. The predicted octanol–water partition coefficient (Wildman–Crippen LogP) is 4.34. The quantitative estimate of drug-likeness (QED) is 0.672. The van der Waals surface area contributed by atoms with Gasteiger partial charge < -0.3 is 9.47 Å². The number of carbonyl (C=O) groups is 1. The topological polar surface area (TPSA) is 51.0 Å². The Balaban J connectivity index is 1.77. The van der Waals surface area contributed by atoms with Crippen LogP contribution in [0.4, 0.5) is 4.39 Å². The van der Waals surface area contributed by atoms with Crippen molar-refractivity contribution in [2.75, 3.05) is 18.8 Å². The first-order chi connectivity index (χ1) is 13.3. The highest BCUT2D eigenvalue weighted by Gasteiger charge is 2.26. The van der Waals surface area contributed by atoms with Gasteiger partial charge in [0.15, 0.2) is 11.0 Å². The second-order valence-electron chi connectivity index (χ2n) is 8.32. The van der Waals surface area contributed by atoms with Crippen molar-refractivity contribution in [1.82, 2.24) is 19.7 Å². The van der Waals surface area contributed by atoms with Crippen LogP contribution in [0.15, 0.2) is 29.4 Å². The number of hydrogen-bond donors (Lipinski definition) is 0. The molecule has 2 heterocycles. The molecule has 7 heteroatoms. The number of carbonyl (C=O) groups excluding carboxylic acids is 1. The molecule has 0 saturated carbocycles. The number of halogens is 1. The van der Waals surface area contributed by atoms with Gasteiger partial charge >= 0.3 is 0 Å². The number of likely N-dealkylation sites (tertiary alicyclic amines) is 1. The summed E-state index contributed by atoms with van der Waals surface area (Å²) in [5.41, 5.74) is 0.438. The van der Waals surface area contributed by atoms with Gasteiger partial charge in [-0.2, -0.15) is 0 Å². The highest BCUT2D eigenvalue weighted by molar-refractivity contribution is 7.99. The lowest BCUT2D eigenvalue weighted by Gasteiger charge is -2.35. The van der Waals surface area contributed by atoms with Crippen molar-refractivity contribution < 1.29 is 9.18 Å². The minimum Gasteiger partial charge on any atom is -0.341 e. The molecular weight excluding hydrogens is 375 g/mol. The number of amides is 1. The molecule has 0 N–H and O–H groups in total. The van der Waals surface area contributed by atoms with Gasteiger partial charge in [-0.15, -0.1) is 10.2 Å². The highest BCUT2D eigenvalue weighted by Crippen LogP contribution is 2.28. The number of aromatic nitrogens is 3. The van der Waals surface area contributed by atoms with E-state index in [1.54, 1.807) is 18.2 Å². The van der Waals surface area contributed by atoms with Crippen LogP contribution in [0.2, 0.25) is 0 Å². The Morgan fingerprint density at radius 1 is 1.21 bits per heavy atom. The Labute approximate surface area is 170 Å². The third kappa shape index (κ3) is 4.93. The van der Waals surface area contributed by atoms with Gasteiger partial charge in [0, 0.05) is 19.6 Å². The van der Waals surface area contributed by atoms with Crippen molar-refractivity contribution in [2.45, 2.75) is 45.8 Å². The molecule has 1 aliphatic heterocycles. The molecule has 1 fully saturated rings. The number of benzene rings is 1. The molecule has 0 radical (unpaired) electrons. The monoisotopic (exact) mass is 404 g/mol. The van der Waals surface area contributed by atoms with Crippen LogP contribution in [0.5, 0.6) is 0 Å². The molecule has 0 aliphatic carbocycles. The Bertz CT molecular complexity index is 812. The lowest BCUT2D eigenvalue weighted by Crippen LogP contribution is -2.43. The van der Waals surface area contributed by atoms with Gasteiger partial charge in [0.2, 0.25) is 5.91 Å². The van der Waals surface area contributed by atoms with E-state index in [1.165, 1.54) is 24.2 Å². The minimum absolute atomic E-state index is 0.134. The molecule has 28 heavy (non-hydrogen) atoms. The van der Waals surface area contributed by atoms with Gasteiger partial charge in [-0.1, -0.05) is 51.6 Å². The largest absolute Gasteiger partial charge is 0.341 e. The maximum Gasteiger partial charge on any atom is 0.233 e. The standard InChI is InChI=1S/C21H29FN4OS/c1-14(2)10-26-20(17-7-5-6-8-18(17)22)23-24-21(26)28-13-19(27)25-11-15(3)9-16(4)12-25/h5-8,14-16H,9-13H2,1-4H3/t15-,16+. The summed E-state index contributed by atoms with van der Waals surface area (Å²) in [6.45, 7) is 10.9. The lowest BCUT2D eigenvalue weighted by molar-refractivity contribution is -0.130. The van der Waals surface area contributed by atoms with Crippen LogP contribution in [0.1, 0.15) is 34.1 Å². The predicted molar refractivity (Wildman–Crippen MR) is 111 cm³/mol. The Kier molecular flexibility index (Phi) is 6.75. The fraction of sp³-hybridized carbons (Fsp3) is 0.571. The molecule has 0 unspecified atom stereocenters. The van der Waals surface area contributed by atoms with Gasteiger partial charge in [0.05, 0.1) is 11.3 Å². The maximum atomic E-state index is 14.3. The third-order valence-corrected chi connectivity index (χ3v) is 5.88. The van der Waals surface area contributed by atoms with E-state index in [0.29, 0.717) is 46.6 Å². The molecule has 2 atom stereocenters. The van der Waals surface area contributed by atoms with Crippen LogP contribution < -0.4 is 0 Å². The normalized spacial score (nSPS) is 20.0. The molecule has 2 aromatic rings. The van der Waals surface area contributed by atoms with E-state index >= 15 is 0 Å². The summed E-state index contributed by atoms with van der Waals surface area (Å²) < 4.78 is 16.2. The summed E-state index contributed by atoms with van der Waals surface area (Å²) in [7, 11) is 0. The molecule has 5 nitrogen and oxygen atoms in total. The number of rotatable bonds is 6. The van der Waals surface area contributed by atoms with E-state index in [-0.39, 0.29) is 11.7 Å². The molecule has 3 rings (SSSR count). The van der Waals surface area contributed by atoms with Crippen molar-refractivity contribution in [3.63, 3.8) is 0 Å². The molecule has 0 spiro atoms. The van der Waals surface area contributed by atoms with Crippen molar-refractivity contribution in [1.29, 1.82) is 0 Å². The summed E-state index contributed by atoms with van der Waals surface area (Å²) in [6, 6.07) is 6.60. The smallest absolute Gasteiger partial charge is 0.233 e. The fourth-order valence-electron chi connectivity index (χ4n) is 3.85. The van der Waals surface area contributed by atoms with Crippen molar-refractivity contribution in [3.05, 3.63) is 30.1 Å². The number of thioether (sulfide) groups is 1. The average Bonchev–Trinajstić information content (AvgIpc) is 3.01. The van der Waals surface area contributed by atoms with Crippen LogP contribution >= 0.6 is 11.8 Å². The zero-order valence-corrected chi connectivity index (χ0v) is 17.9. The fourth-order valence-corrected chi connectivity index (χ4v) is 4.70. The van der Waals surface area contributed by atoms with Gasteiger partial charge in [0.1, 0.15) is 5.82 Å². The van der Waals surface area contributed by atoms with Crippen molar-refractivity contribution in [3.8, 4) is 11.4 Å². The van der Waals surface area contributed by atoms with E-state index in [1.807, 2.05) is 9.47 Å². The second kappa shape index (κ2) is 9.07. The molecule has 0 bridgehead atoms. The van der Waals surface area contributed by atoms with Gasteiger partial charge in [-0.05, 0) is 36.3 Å². The zero-order chi connectivity index (χ0) is 20.3. The van der Waals surface area contributed by atoms with Crippen molar-refractivity contribution >= 4 is 17.7 Å². The molecule has 152 valence electrons. The van der Waals surface area contributed by atoms with Crippen LogP contribution in [0.25, 0.3) is 11.4 Å². The SMILES string of the molecule is CC(C)Cn1c(SCC(=O)N2C[C@H](C)C[C@H](C)C2)nnc1-c1ccccc1F. The highest BCUT2D eigenvalue weighted by atomic mass is 32.2. The van der Waals surface area contributed by atoms with E-state index in [0.717, 1.165) is 13.1 Å². The minimum atomic E-state index is -0.316. The van der Waals surface area contributed by atoms with E-state index in [9.17, 15) is 9.18 Å². The Morgan fingerprint density at radius 3 is 2.54 bits per heavy atom. The lowest BCUT2D eigenvalue weighted by atomic mass is 9.92. The second-order valence-corrected chi connectivity index (χ2v) is 9.27. The summed E-state index contributed by atoms with van der Waals surface area (Å²) in [5, 5.41) is 9.18. The van der Waals surface area contributed by atoms with E-state index < -0.39 is 0 Å². The molecule has 1 aromatic carbocycles. The number of hydrogen-bond acceptors (Lipinski definition) is 4. The van der Waals surface area contributed by atoms with Crippen LogP contribution in [0, 0.1) is 23.6 Å². The van der Waals surface area contributed by atoms with Crippen LogP contribution in [0.3, 0.4) is 0 Å². The third-order valence-electron chi connectivity index (χ3n) is 4.93. The number of piperidine rings is 1. The van der Waals surface area contributed by atoms with Crippen LogP contribution in [-0.2, 0) is 11.3 Å². The van der Waals surface area contributed by atoms with E-state index in [4.69, 9.17) is 0 Å². The van der Waals surface area contributed by atoms with Gasteiger partial charge in [-0.25, -0.2) is 4.39 Å². The Morgan fingerprint density at radius 2 is 1.89 bits per heavy atom. The molecule has 1 aliphatic rings. The summed E-state index contributed by atoms with van der Waals surface area (Å²) in [4.78, 5) is 14.7. The van der Waals surface area contributed by atoms with Crippen LogP contribution in [-0.4, -0.2) is 44.4 Å². The molecular formula is C21H29FN4OS. The molecule has 1 amide bonds. The first kappa shape index (κ1) is 20.8. The molecule has 1 saturated heterocycles. The summed E-state index contributed by atoms with van der Waals surface area (Å²) in [5.74, 6) is 2.08. The first-order valence-electron chi connectivity index (χ1n) is 9.93. The molecule has 1 aromatic heterocycles.